The zero-order valence-corrected chi connectivity index (χ0v) is 11.9. The standard InChI is InChI=1S/C15H24N2O2/c1-3-18-15-6-5-14(16)9-13(15)11-17-7-4-8-19-12(2)10-17/h5-6,9,12H,3-4,7-8,10-11,16H2,1-2H3. The van der Waals surface area contributed by atoms with E-state index in [1.165, 1.54) is 0 Å². The third-order valence-corrected chi connectivity index (χ3v) is 3.31. The molecule has 0 aromatic heterocycles. The number of hydrogen-bond acceptors (Lipinski definition) is 4. The van der Waals surface area contributed by atoms with Crippen molar-refractivity contribution in [1.29, 1.82) is 0 Å². The molecule has 1 aliphatic heterocycles. The Hall–Kier alpha value is -1.26. The zero-order valence-electron chi connectivity index (χ0n) is 11.9. The highest BCUT2D eigenvalue weighted by Gasteiger charge is 2.16. The van der Waals surface area contributed by atoms with Crippen LogP contribution in [0, 0.1) is 0 Å². The van der Waals surface area contributed by atoms with E-state index in [9.17, 15) is 0 Å². The summed E-state index contributed by atoms with van der Waals surface area (Å²) in [6.45, 7) is 8.55. The molecule has 0 aliphatic carbocycles. The molecule has 1 heterocycles. The van der Waals surface area contributed by atoms with E-state index in [4.69, 9.17) is 15.2 Å². The minimum Gasteiger partial charge on any atom is -0.494 e. The van der Waals surface area contributed by atoms with Gasteiger partial charge in [0, 0.05) is 37.5 Å². The maximum Gasteiger partial charge on any atom is 0.123 e. The summed E-state index contributed by atoms with van der Waals surface area (Å²) in [5.74, 6) is 0.939. The Morgan fingerprint density at radius 3 is 3.11 bits per heavy atom. The van der Waals surface area contributed by atoms with Gasteiger partial charge in [-0.2, -0.15) is 0 Å². The van der Waals surface area contributed by atoms with Gasteiger partial charge in [-0.1, -0.05) is 0 Å². The largest absolute Gasteiger partial charge is 0.494 e. The van der Waals surface area contributed by atoms with Crippen LogP contribution in [0.25, 0.3) is 0 Å². The van der Waals surface area contributed by atoms with Crippen molar-refractivity contribution < 1.29 is 9.47 Å². The third-order valence-electron chi connectivity index (χ3n) is 3.31. The van der Waals surface area contributed by atoms with Crippen molar-refractivity contribution >= 4 is 5.69 Å². The van der Waals surface area contributed by atoms with E-state index in [2.05, 4.69) is 11.8 Å². The molecule has 1 saturated heterocycles. The molecule has 2 N–H and O–H groups in total. The number of hydrogen-bond donors (Lipinski definition) is 1. The molecule has 4 nitrogen and oxygen atoms in total. The maximum absolute atomic E-state index is 5.89. The summed E-state index contributed by atoms with van der Waals surface area (Å²) >= 11 is 0. The van der Waals surface area contributed by atoms with Gasteiger partial charge in [0.1, 0.15) is 5.75 Å². The quantitative estimate of drug-likeness (QED) is 0.848. The molecule has 1 atom stereocenters. The molecule has 19 heavy (non-hydrogen) atoms. The summed E-state index contributed by atoms with van der Waals surface area (Å²) in [4.78, 5) is 2.41. The number of rotatable bonds is 4. The molecular weight excluding hydrogens is 240 g/mol. The van der Waals surface area contributed by atoms with E-state index >= 15 is 0 Å². The first-order valence-electron chi connectivity index (χ1n) is 7.04. The van der Waals surface area contributed by atoms with Crippen LogP contribution in [0.2, 0.25) is 0 Å². The molecule has 2 rings (SSSR count). The van der Waals surface area contributed by atoms with Gasteiger partial charge >= 0.3 is 0 Å². The van der Waals surface area contributed by atoms with E-state index in [0.717, 1.165) is 49.7 Å². The van der Waals surface area contributed by atoms with Crippen molar-refractivity contribution in [3.63, 3.8) is 0 Å². The first kappa shape index (κ1) is 14.2. The van der Waals surface area contributed by atoms with Crippen molar-refractivity contribution in [2.24, 2.45) is 0 Å². The monoisotopic (exact) mass is 264 g/mol. The van der Waals surface area contributed by atoms with Crippen molar-refractivity contribution in [1.82, 2.24) is 4.90 Å². The van der Waals surface area contributed by atoms with Crippen LogP contribution in [0.4, 0.5) is 5.69 Å². The molecule has 106 valence electrons. The van der Waals surface area contributed by atoms with Crippen molar-refractivity contribution in [3.05, 3.63) is 23.8 Å². The Bertz CT molecular complexity index is 409. The lowest BCUT2D eigenvalue weighted by molar-refractivity contribution is 0.0666. The molecule has 1 unspecified atom stereocenters. The molecule has 0 amide bonds. The van der Waals surface area contributed by atoms with Gasteiger partial charge in [0.2, 0.25) is 0 Å². The molecule has 0 bridgehead atoms. The average molecular weight is 264 g/mol. The van der Waals surface area contributed by atoms with Crippen molar-refractivity contribution in [3.8, 4) is 5.75 Å². The van der Waals surface area contributed by atoms with Gasteiger partial charge in [-0.15, -0.1) is 0 Å². The van der Waals surface area contributed by atoms with Crippen LogP contribution in [0.15, 0.2) is 18.2 Å². The summed E-state index contributed by atoms with van der Waals surface area (Å²) in [5, 5.41) is 0. The Balaban J connectivity index is 2.09. The van der Waals surface area contributed by atoms with Gasteiger partial charge in [0.05, 0.1) is 12.7 Å². The summed E-state index contributed by atoms with van der Waals surface area (Å²) in [7, 11) is 0. The molecule has 0 saturated carbocycles. The fourth-order valence-electron chi connectivity index (χ4n) is 2.48. The van der Waals surface area contributed by atoms with Gasteiger partial charge in [-0.25, -0.2) is 0 Å². The van der Waals surface area contributed by atoms with Gasteiger partial charge < -0.3 is 15.2 Å². The van der Waals surface area contributed by atoms with E-state index in [1.807, 2.05) is 25.1 Å². The average Bonchev–Trinajstić information content (AvgIpc) is 2.57. The molecule has 1 aromatic carbocycles. The number of nitrogens with two attached hydrogens (primary N) is 1. The van der Waals surface area contributed by atoms with E-state index in [-0.39, 0.29) is 0 Å². The molecule has 1 fully saturated rings. The van der Waals surface area contributed by atoms with Crippen LogP contribution in [-0.2, 0) is 11.3 Å². The van der Waals surface area contributed by atoms with E-state index in [0.29, 0.717) is 12.7 Å². The second-order valence-corrected chi connectivity index (χ2v) is 5.07. The zero-order chi connectivity index (χ0) is 13.7. The lowest BCUT2D eigenvalue weighted by Crippen LogP contribution is -2.30. The first-order valence-corrected chi connectivity index (χ1v) is 7.04. The molecule has 1 aromatic rings. The Morgan fingerprint density at radius 1 is 1.47 bits per heavy atom. The second kappa shape index (κ2) is 6.78. The fraction of sp³-hybridized carbons (Fsp3) is 0.600. The predicted octanol–water partition coefficient (Wildman–Crippen LogP) is 2.28. The summed E-state index contributed by atoms with van der Waals surface area (Å²) in [6.07, 6.45) is 1.37. The lowest BCUT2D eigenvalue weighted by atomic mass is 10.1. The number of ether oxygens (including phenoxy) is 2. The normalized spacial score (nSPS) is 21.1. The Labute approximate surface area is 115 Å². The topological polar surface area (TPSA) is 47.7 Å². The van der Waals surface area contributed by atoms with Crippen molar-refractivity contribution in [2.75, 3.05) is 32.0 Å². The van der Waals surface area contributed by atoms with Gasteiger partial charge in [0.25, 0.3) is 0 Å². The first-order chi connectivity index (χ1) is 9.19. The van der Waals surface area contributed by atoms with E-state index < -0.39 is 0 Å². The number of anilines is 1. The third kappa shape index (κ3) is 4.11. The highest BCUT2D eigenvalue weighted by Crippen LogP contribution is 2.24. The van der Waals surface area contributed by atoms with Crippen LogP contribution >= 0.6 is 0 Å². The lowest BCUT2D eigenvalue weighted by Gasteiger charge is -2.23. The maximum atomic E-state index is 5.89. The number of benzene rings is 1. The van der Waals surface area contributed by atoms with Gasteiger partial charge in [0.15, 0.2) is 0 Å². The van der Waals surface area contributed by atoms with Crippen molar-refractivity contribution in [2.45, 2.75) is 32.9 Å². The van der Waals surface area contributed by atoms with Crippen LogP contribution in [-0.4, -0.2) is 37.3 Å². The molecule has 1 aliphatic rings. The minimum absolute atomic E-state index is 0.291. The van der Waals surface area contributed by atoms with Gasteiger partial charge in [-0.05, 0) is 38.5 Å². The highest BCUT2D eigenvalue weighted by molar-refractivity contribution is 5.47. The number of nitrogen functional groups attached to an aromatic ring is 1. The summed E-state index contributed by atoms with van der Waals surface area (Å²) < 4.78 is 11.4. The molecule has 0 spiro atoms. The minimum atomic E-state index is 0.291. The summed E-state index contributed by atoms with van der Waals surface area (Å²) in [5.41, 5.74) is 7.84. The predicted molar refractivity (Wildman–Crippen MR) is 77.3 cm³/mol. The summed E-state index contributed by atoms with van der Waals surface area (Å²) in [6, 6.07) is 5.87. The van der Waals surface area contributed by atoms with Crippen LogP contribution in [0.1, 0.15) is 25.8 Å². The second-order valence-electron chi connectivity index (χ2n) is 5.07. The Kier molecular flexibility index (Phi) is 5.05. The van der Waals surface area contributed by atoms with E-state index in [1.54, 1.807) is 0 Å². The van der Waals surface area contributed by atoms with Crippen LogP contribution < -0.4 is 10.5 Å². The molecular formula is C15H24N2O2. The van der Waals surface area contributed by atoms with Gasteiger partial charge in [-0.3, -0.25) is 4.90 Å². The van der Waals surface area contributed by atoms with Crippen LogP contribution in [0.3, 0.4) is 0 Å². The highest BCUT2D eigenvalue weighted by atomic mass is 16.5. The van der Waals surface area contributed by atoms with Crippen LogP contribution in [0.5, 0.6) is 5.75 Å². The SMILES string of the molecule is CCOc1ccc(N)cc1CN1CCCOC(C)C1. The Morgan fingerprint density at radius 2 is 2.32 bits per heavy atom. The molecule has 4 heteroatoms. The molecule has 0 radical (unpaired) electrons. The fourth-order valence-corrected chi connectivity index (χ4v) is 2.48. The smallest absolute Gasteiger partial charge is 0.123 e. The number of nitrogens with zero attached hydrogens (tertiary/aromatic N) is 1.